The summed E-state index contributed by atoms with van der Waals surface area (Å²) in [6.45, 7) is 5.86. The third-order valence-corrected chi connectivity index (χ3v) is 2.14. The second-order valence-corrected chi connectivity index (χ2v) is 3.80. The average molecular weight is 219 g/mol. The number of rotatable bonds is 10. The zero-order valence-electron chi connectivity index (χ0n) is 9.65. The van der Waals surface area contributed by atoms with Gasteiger partial charge in [-0.25, -0.2) is 0 Å². The van der Waals surface area contributed by atoms with E-state index < -0.39 is 0 Å². The fourth-order valence-corrected chi connectivity index (χ4v) is 1.49. The Kier molecular flexibility index (Phi) is 10.2. The fraction of sp³-hybridized carbons (Fsp3) is 1.00. The highest BCUT2D eigenvalue weighted by Gasteiger charge is 2.06. The highest BCUT2D eigenvalue weighted by atomic mass is 16.3. The van der Waals surface area contributed by atoms with Crippen molar-refractivity contribution in [2.24, 2.45) is 5.73 Å². The molecule has 0 spiro atoms. The molecular weight excluding hydrogens is 194 g/mol. The minimum Gasteiger partial charge on any atom is -0.392 e. The minimum absolute atomic E-state index is 0.0270. The van der Waals surface area contributed by atoms with Crippen molar-refractivity contribution in [2.75, 3.05) is 39.5 Å². The van der Waals surface area contributed by atoms with Crippen molar-refractivity contribution in [1.29, 1.82) is 0 Å². The smallest absolute Gasteiger partial charge is 0.0931 e. The molecule has 0 aromatic carbocycles. The van der Waals surface area contributed by atoms with E-state index in [1.165, 1.54) is 0 Å². The van der Waals surface area contributed by atoms with E-state index in [-0.39, 0.29) is 12.8 Å². The summed E-state index contributed by atoms with van der Waals surface area (Å²) in [7, 11) is 0. The number of hydrogen-bond acceptors (Lipinski definition) is 5. The Balaban J connectivity index is 3.59. The van der Waals surface area contributed by atoms with Gasteiger partial charge in [-0.15, -0.1) is 0 Å². The monoisotopic (exact) mass is 219 g/mol. The predicted octanol–water partition coefficient (Wildman–Crippen LogP) is -1.05. The highest BCUT2D eigenvalue weighted by Crippen LogP contribution is 1.96. The molecule has 0 heterocycles. The molecule has 5 N–H and O–H groups in total. The van der Waals surface area contributed by atoms with E-state index in [0.717, 1.165) is 32.5 Å². The molecule has 0 saturated heterocycles. The molecule has 0 saturated carbocycles. The molecule has 0 aliphatic heterocycles. The number of nitrogens with one attached hydrogen (secondary N) is 1. The maximum absolute atomic E-state index is 9.30. The van der Waals surface area contributed by atoms with Crippen LogP contribution in [-0.2, 0) is 0 Å². The van der Waals surface area contributed by atoms with Crippen molar-refractivity contribution in [3.8, 4) is 0 Å². The fourth-order valence-electron chi connectivity index (χ4n) is 1.49. The molecule has 0 radical (unpaired) electrons. The van der Waals surface area contributed by atoms with Gasteiger partial charge in [0.25, 0.3) is 0 Å². The Morgan fingerprint density at radius 3 is 2.53 bits per heavy atom. The van der Waals surface area contributed by atoms with Crippen LogP contribution < -0.4 is 11.1 Å². The third-order valence-electron chi connectivity index (χ3n) is 2.14. The molecule has 0 aromatic rings. The van der Waals surface area contributed by atoms with Gasteiger partial charge in [-0.05, 0) is 45.9 Å². The van der Waals surface area contributed by atoms with Gasteiger partial charge in [0.15, 0.2) is 0 Å². The average Bonchev–Trinajstić information content (AvgIpc) is 2.19. The predicted molar refractivity (Wildman–Crippen MR) is 61.5 cm³/mol. The molecule has 5 nitrogen and oxygen atoms in total. The molecule has 0 aliphatic carbocycles. The van der Waals surface area contributed by atoms with Crippen LogP contribution in [0.25, 0.3) is 0 Å². The minimum atomic E-state index is -0.298. The Bertz CT molecular complexity index is 134. The van der Waals surface area contributed by atoms with Crippen molar-refractivity contribution < 1.29 is 10.2 Å². The molecule has 92 valence electrons. The van der Waals surface area contributed by atoms with Crippen LogP contribution in [0.15, 0.2) is 0 Å². The lowest BCUT2D eigenvalue weighted by molar-refractivity contribution is 0.124. The summed E-state index contributed by atoms with van der Waals surface area (Å²) >= 11 is 0. The van der Waals surface area contributed by atoms with E-state index >= 15 is 0 Å². The van der Waals surface area contributed by atoms with Crippen LogP contribution in [0.4, 0.5) is 0 Å². The maximum atomic E-state index is 9.30. The van der Waals surface area contributed by atoms with E-state index in [1.807, 2.05) is 0 Å². The molecule has 0 fully saturated rings. The first-order chi connectivity index (χ1) is 7.20. The van der Waals surface area contributed by atoms with Gasteiger partial charge in [0.05, 0.1) is 12.8 Å². The van der Waals surface area contributed by atoms with Gasteiger partial charge in [-0.3, -0.25) is 5.32 Å². The van der Waals surface area contributed by atoms with Gasteiger partial charge in [-0.1, -0.05) is 0 Å². The topological polar surface area (TPSA) is 81.8 Å². The first kappa shape index (κ1) is 14.8. The summed E-state index contributed by atoms with van der Waals surface area (Å²) in [5.74, 6) is 0. The summed E-state index contributed by atoms with van der Waals surface area (Å²) in [4.78, 5) is 2.20. The molecule has 0 aromatic heterocycles. The lowest BCUT2D eigenvalue weighted by atomic mass is 10.3. The van der Waals surface area contributed by atoms with Crippen molar-refractivity contribution in [1.82, 2.24) is 10.2 Å². The van der Waals surface area contributed by atoms with Crippen LogP contribution in [0.1, 0.15) is 19.8 Å². The second kappa shape index (κ2) is 10.3. The number of aliphatic hydroxyl groups is 2. The SMILES string of the molecule is CC(O)CN(CCCN)CCCNCO. The first-order valence-electron chi connectivity index (χ1n) is 5.62. The molecule has 0 amide bonds. The lowest BCUT2D eigenvalue weighted by Gasteiger charge is -2.23. The molecular formula is C10H25N3O2. The van der Waals surface area contributed by atoms with Crippen LogP contribution in [0.2, 0.25) is 0 Å². The molecule has 0 rings (SSSR count). The van der Waals surface area contributed by atoms with Gasteiger partial charge >= 0.3 is 0 Å². The van der Waals surface area contributed by atoms with Gasteiger partial charge in [-0.2, -0.15) is 0 Å². The maximum Gasteiger partial charge on any atom is 0.0931 e. The molecule has 15 heavy (non-hydrogen) atoms. The third kappa shape index (κ3) is 10.1. The number of hydrogen-bond donors (Lipinski definition) is 4. The van der Waals surface area contributed by atoms with E-state index in [2.05, 4.69) is 10.2 Å². The van der Waals surface area contributed by atoms with Crippen molar-refractivity contribution in [2.45, 2.75) is 25.9 Å². The molecule has 5 heteroatoms. The largest absolute Gasteiger partial charge is 0.392 e. The van der Waals surface area contributed by atoms with Crippen molar-refractivity contribution >= 4 is 0 Å². The second-order valence-electron chi connectivity index (χ2n) is 3.80. The van der Waals surface area contributed by atoms with Crippen LogP contribution in [0, 0.1) is 0 Å². The summed E-state index contributed by atoms with van der Waals surface area (Å²) < 4.78 is 0. The molecule has 1 unspecified atom stereocenters. The van der Waals surface area contributed by atoms with Crippen molar-refractivity contribution in [3.05, 3.63) is 0 Å². The summed E-state index contributed by atoms with van der Waals surface area (Å²) in [6, 6.07) is 0. The van der Waals surface area contributed by atoms with Gasteiger partial charge in [0.1, 0.15) is 0 Å². The molecule has 0 bridgehead atoms. The Hall–Kier alpha value is -0.200. The summed E-state index contributed by atoms with van der Waals surface area (Å²) in [6.07, 6.45) is 1.63. The Morgan fingerprint density at radius 2 is 2.00 bits per heavy atom. The quantitative estimate of drug-likeness (QED) is 0.278. The summed E-state index contributed by atoms with van der Waals surface area (Å²) in [5.41, 5.74) is 5.45. The van der Waals surface area contributed by atoms with Crippen LogP contribution in [-0.4, -0.2) is 60.7 Å². The first-order valence-corrected chi connectivity index (χ1v) is 5.62. The van der Waals surface area contributed by atoms with Crippen LogP contribution >= 0.6 is 0 Å². The van der Waals surface area contributed by atoms with Crippen LogP contribution in [0.3, 0.4) is 0 Å². The standard InChI is InChI=1S/C10H25N3O2/c1-10(15)8-13(6-2-4-11)7-3-5-12-9-14/h10,12,14-15H,2-9,11H2,1H3. The van der Waals surface area contributed by atoms with Crippen LogP contribution in [0.5, 0.6) is 0 Å². The van der Waals surface area contributed by atoms with E-state index in [0.29, 0.717) is 13.1 Å². The number of aliphatic hydroxyl groups excluding tert-OH is 2. The summed E-state index contributed by atoms with van der Waals surface area (Å²) in [5, 5.41) is 20.7. The normalized spacial score (nSPS) is 13.4. The Morgan fingerprint density at radius 1 is 1.33 bits per heavy atom. The van der Waals surface area contributed by atoms with E-state index in [9.17, 15) is 5.11 Å². The zero-order valence-corrected chi connectivity index (χ0v) is 9.65. The zero-order chi connectivity index (χ0) is 11.5. The molecule has 1 atom stereocenters. The van der Waals surface area contributed by atoms with Gasteiger partial charge in [0.2, 0.25) is 0 Å². The number of nitrogens with two attached hydrogens (primary N) is 1. The Labute approximate surface area is 92.3 Å². The molecule has 0 aliphatic rings. The van der Waals surface area contributed by atoms with E-state index in [4.69, 9.17) is 10.8 Å². The van der Waals surface area contributed by atoms with Gasteiger partial charge in [0, 0.05) is 6.54 Å². The highest BCUT2D eigenvalue weighted by molar-refractivity contribution is 4.62. The van der Waals surface area contributed by atoms with E-state index in [1.54, 1.807) is 6.92 Å². The lowest BCUT2D eigenvalue weighted by Crippen LogP contribution is -2.35. The van der Waals surface area contributed by atoms with Gasteiger partial charge < -0.3 is 20.8 Å². The van der Waals surface area contributed by atoms with Crippen molar-refractivity contribution in [3.63, 3.8) is 0 Å². The number of nitrogens with zero attached hydrogens (tertiary/aromatic N) is 1.